The second kappa shape index (κ2) is 6.15. The van der Waals surface area contributed by atoms with Crippen LogP contribution in [0, 0.1) is 17.6 Å². The molecule has 2 rings (SSSR count). The van der Waals surface area contributed by atoms with Gasteiger partial charge in [0.25, 0.3) is 0 Å². The van der Waals surface area contributed by atoms with Gasteiger partial charge < -0.3 is 5.11 Å². The summed E-state index contributed by atoms with van der Waals surface area (Å²) in [5, 5.41) is 9.52. The summed E-state index contributed by atoms with van der Waals surface area (Å²) < 4.78 is 52.1. The van der Waals surface area contributed by atoms with Crippen LogP contribution in [0.3, 0.4) is 0 Å². The van der Waals surface area contributed by atoms with Gasteiger partial charge in [0.05, 0.1) is 11.0 Å². The molecule has 1 aromatic carbocycles. The average Bonchev–Trinajstić information content (AvgIpc) is 2.40. The highest BCUT2D eigenvalue weighted by Crippen LogP contribution is 2.24. The second-order valence-electron chi connectivity index (χ2n) is 5.11. The predicted octanol–water partition coefficient (Wildman–Crippen LogP) is 1.79. The van der Waals surface area contributed by atoms with Crippen molar-refractivity contribution in [2.45, 2.75) is 36.7 Å². The van der Waals surface area contributed by atoms with Crippen molar-refractivity contribution in [2.75, 3.05) is 6.54 Å². The normalized spacial score (nSPS) is 23.8. The molecule has 1 fully saturated rings. The van der Waals surface area contributed by atoms with Crippen LogP contribution in [0.2, 0.25) is 0 Å². The Morgan fingerprint density at radius 1 is 1.25 bits per heavy atom. The Morgan fingerprint density at radius 2 is 2.00 bits per heavy atom. The minimum Gasteiger partial charge on any atom is -0.393 e. The quantitative estimate of drug-likeness (QED) is 0.891. The van der Waals surface area contributed by atoms with Crippen LogP contribution in [0.1, 0.15) is 25.7 Å². The molecule has 0 heterocycles. The van der Waals surface area contributed by atoms with Gasteiger partial charge in [-0.25, -0.2) is 21.9 Å². The van der Waals surface area contributed by atoms with Crippen LogP contribution in [-0.4, -0.2) is 26.2 Å². The van der Waals surface area contributed by atoms with Crippen LogP contribution in [0.4, 0.5) is 8.78 Å². The second-order valence-corrected chi connectivity index (χ2v) is 6.88. The average molecular weight is 305 g/mol. The number of hydrogen-bond donors (Lipinski definition) is 2. The van der Waals surface area contributed by atoms with Gasteiger partial charge >= 0.3 is 0 Å². The Morgan fingerprint density at radius 3 is 2.65 bits per heavy atom. The molecule has 0 aromatic heterocycles. The van der Waals surface area contributed by atoms with E-state index in [0.29, 0.717) is 12.5 Å². The van der Waals surface area contributed by atoms with E-state index in [2.05, 4.69) is 4.72 Å². The van der Waals surface area contributed by atoms with Gasteiger partial charge in [-0.3, -0.25) is 0 Å². The standard InChI is InChI=1S/C13H17F2NO3S/c14-12-5-4-11(7-13(12)15)20(18,19)16-8-9-2-1-3-10(17)6-9/h4-5,7,9-10,16-17H,1-3,6,8H2. The van der Waals surface area contributed by atoms with Crippen molar-refractivity contribution >= 4 is 10.0 Å². The summed E-state index contributed by atoms with van der Waals surface area (Å²) in [5.41, 5.74) is 0. The lowest BCUT2D eigenvalue weighted by Gasteiger charge is -2.25. The Bertz CT molecular complexity index is 577. The van der Waals surface area contributed by atoms with E-state index in [1.54, 1.807) is 0 Å². The van der Waals surface area contributed by atoms with Crippen molar-refractivity contribution < 1.29 is 22.3 Å². The van der Waals surface area contributed by atoms with Crippen LogP contribution >= 0.6 is 0 Å². The third-order valence-corrected chi connectivity index (χ3v) is 4.94. The monoisotopic (exact) mass is 305 g/mol. The third kappa shape index (κ3) is 3.74. The molecule has 0 spiro atoms. The molecule has 112 valence electrons. The van der Waals surface area contributed by atoms with Crippen molar-refractivity contribution in [1.29, 1.82) is 0 Å². The van der Waals surface area contributed by atoms with Gasteiger partial charge in [0.2, 0.25) is 10.0 Å². The van der Waals surface area contributed by atoms with Gasteiger partial charge in [-0.2, -0.15) is 0 Å². The molecule has 0 radical (unpaired) electrons. The molecule has 0 amide bonds. The zero-order chi connectivity index (χ0) is 14.8. The summed E-state index contributed by atoms with van der Waals surface area (Å²) in [6.07, 6.45) is 2.62. The van der Waals surface area contributed by atoms with Crippen LogP contribution in [0.5, 0.6) is 0 Å². The molecule has 1 aromatic rings. The molecular weight excluding hydrogens is 288 g/mol. The smallest absolute Gasteiger partial charge is 0.240 e. The van der Waals surface area contributed by atoms with E-state index < -0.39 is 21.7 Å². The van der Waals surface area contributed by atoms with E-state index >= 15 is 0 Å². The molecule has 1 aliphatic rings. The number of benzene rings is 1. The maximum Gasteiger partial charge on any atom is 0.240 e. The fourth-order valence-electron chi connectivity index (χ4n) is 2.40. The molecule has 7 heteroatoms. The number of sulfonamides is 1. The zero-order valence-corrected chi connectivity index (χ0v) is 11.7. The maximum atomic E-state index is 13.1. The van der Waals surface area contributed by atoms with Crippen molar-refractivity contribution in [1.82, 2.24) is 4.72 Å². The summed E-state index contributed by atoms with van der Waals surface area (Å²) in [6, 6.07) is 2.47. The van der Waals surface area contributed by atoms with Crippen LogP contribution in [0.15, 0.2) is 23.1 Å². The molecule has 2 N–H and O–H groups in total. The summed E-state index contributed by atoms with van der Waals surface area (Å²) in [7, 11) is -3.85. The first-order valence-electron chi connectivity index (χ1n) is 6.51. The Balaban J connectivity index is 2.01. The van der Waals surface area contributed by atoms with Gasteiger partial charge in [0, 0.05) is 6.54 Å². The van der Waals surface area contributed by atoms with Gasteiger partial charge in [-0.15, -0.1) is 0 Å². The molecule has 1 aliphatic carbocycles. The van der Waals surface area contributed by atoms with Crippen molar-refractivity contribution in [3.8, 4) is 0 Å². The van der Waals surface area contributed by atoms with E-state index in [-0.39, 0.29) is 23.5 Å². The molecule has 1 saturated carbocycles. The van der Waals surface area contributed by atoms with Crippen LogP contribution in [-0.2, 0) is 10.0 Å². The fourth-order valence-corrected chi connectivity index (χ4v) is 3.53. The number of aliphatic hydroxyl groups is 1. The van der Waals surface area contributed by atoms with Crippen LogP contribution < -0.4 is 4.72 Å². The Labute approximate surface area is 116 Å². The predicted molar refractivity (Wildman–Crippen MR) is 69.5 cm³/mol. The summed E-state index contributed by atoms with van der Waals surface area (Å²) in [5.74, 6) is -2.21. The van der Waals surface area contributed by atoms with Crippen molar-refractivity contribution in [3.63, 3.8) is 0 Å². The number of nitrogens with one attached hydrogen (secondary N) is 1. The van der Waals surface area contributed by atoms with E-state index in [4.69, 9.17) is 0 Å². The van der Waals surface area contributed by atoms with E-state index in [1.807, 2.05) is 0 Å². The van der Waals surface area contributed by atoms with Gasteiger partial charge in [0.1, 0.15) is 0 Å². The van der Waals surface area contributed by atoms with E-state index in [9.17, 15) is 22.3 Å². The van der Waals surface area contributed by atoms with E-state index in [1.165, 1.54) is 0 Å². The lowest BCUT2D eigenvalue weighted by atomic mass is 9.87. The lowest BCUT2D eigenvalue weighted by Crippen LogP contribution is -2.33. The minimum atomic E-state index is -3.85. The highest BCUT2D eigenvalue weighted by Gasteiger charge is 2.23. The van der Waals surface area contributed by atoms with Gasteiger partial charge in [-0.05, 0) is 43.4 Å². The summed E-state index contributed by atoms with van der Waals surface area (Å²) >= 11 is 0. The first kappa shape index (κ1) is 15.3. The molecule has 4 nitrogen and oxygen atoms in total. The van der Waals surface area contributed by atoms with Gasteiger partial charge in [-0.1, -0.05) is 6.42 Å². The number of hydrogen-bond acceptors (Lipinski definition) is 3. The zero-order valence-electron chi connectivity index (χ0n) is 10.9. The first-order chi connectivity index (χ1) is 9.38. The third-order valence-electron chi connectivity index (χ3n) is 3.52. The minimum absolute atomic E-state index is 0.0684. The van der Waals surface area contributed by atoms with Crippen LogP contribution in [0.25, 0.3) is 0 Å². The number of rotatable bonds is 4. The summed E-state index contributed by atoms with van der Waals surface area (Å²) in [4.78, 5) is -0.298. The Hall–Kier alpha value is -1.05. The highest BCUT2D eigenvalue weighted by atomic mass is 32.2. The molecule has 2 unspecified atom stereocenters. The number of aliphatic hydroxyl groups excluding tert-OH is 1. The van der Waals surface area contributed by atoms with E-state index in [0.717, 1.165) is 31.4 Å². The molecular formula is C13H17F2NO3S. The maximum absolute atomic E-state index is 13.1. The highest BCUT2D eigenvalue weighted by molar-refractivity contribution is 7.89. The van der Waals surface area contributed by atoms with Gasteiger partial charge in [0.15, 0.2) is 11.6 Å². The Kier molecular flexibility index (Phi) is 4.72. The molecule has 0 bridgehead atoms. The molecule has 0 saturated heterocycles. The molecule has 2 atom stereocenters. The topological polar surface area (TPSA) is 66.4 Å². The molecule has 20 heavy (non-hydrogen) atoms. The number of halogens is 2. The SMILES string of the molecule is O=S(=O)(NCC1CCCC(O)C1)c1ccc(F)c(F)c1. The molecule has 0 aliphatic heterocycles. The summed E-state index contributed by atoms with van der Waals surface area (Å²) in [6.45, 7) is 0.193. The largest absolute Gasteiger partial charge is 0.393 e. The lowest BCUT2D eigenvalue weighted by molar-refractivity contribution is 0.102. The van der Waals surface area contributed by atoms with Crippen molar-refractivity contribution in [3.05, 3.63) is 29.8 Å². The fraction of sp³-hybridized carbons (Fsp3) is 0.538. The first-order valence-corrected chi connectivity index (χ1v) is 7.99. The van der Waals surface area contributed by atoms with Crippen molar-refractivity contribution in [2.24, 2.45) is 5.92 Å².